The molecule has 4 saturated heterocycles. The maximum Gasteiger partial charge on any atom is 0.457 e. The average Bonchev–Trinajstić information content (AvgIpc) is 3.98. The number of likely N-dealkylation sites (tertiary alicyclic amines) is 2. The van der Waals surface area contributed by atoms with E-state index >= 15 is 0 Å². The summed E-state index contributed by atoms with van der Waals surface area (Å²) in [5.74, 6) is -1.34. The van der Waals surface area contributed by atoms with E-state index in [1.54, 1.807) is 11.0 Å². The highest BCUT2D eigenvalue weighted by Gasteiger charge is 2.59. The van der Waals surface area contributed by atoms with Crippen LogP contribution in [-0.4, -0.2) is 115 Å². The number of methoxy groups -OCH3 is 2. The number of ether oxygens (including phenoxy) is 4. The maximum atomic E-state index is 13.1. The van der Waals surface area contributed by atoms with E-state index in [0.717, 1.165) is 24.0 Å². The standard InChI is InChI=1S/C26H38BNO6.C25H36BNO7/c1-7-16-26(22(29)31-6)21(14-11-17-27-33-24(2,3)25(4,5)34-27)15-18-28(26)23(30)32-19-20-12-9-8-10-13-20;1-23(2)24(3,4)34-26(33-23)15-9-12-20-13-16-27(25(20,14-17-28)21(29)31-5)22(30)32-18-19-10-7-6-8-11-19/h7-10,12-13,21H,1,11,14-19H2,2-6H3;6-8,10-11,17,20H,9,12-16,18H2,1-5H3/t21-,26+;20-,25+/m11/s1. The Morgan fingerprint density at radius 3 is 1.29 bits per heavy atom. The third-order valence-electron chi connectivity index (χ3n) is 15.1. The van der Waals surface area contributed by atoms with Crippen molar-refractivity contribution in [2.75, 3.05) is 27.3 Å². The second-order valence-corrected chi connectivity index (χ2v) is 20.3. The van der Waals surface area contributed by atoms with Crippen molar-refractivity contribution in [3.05, 3.63) is 84.4 Å². The molecule has 15 nitrogen and oxygen atoms in total. The van der Waals surface area contributed by atoms with Gasteiger partial charge < -0.3 is 42.4 Å². The minimum atomic E-state index is -1.37. The molecule has 0 saturated carbocycles. The molecule has 2 amide bonds. The lowest BCUT2D eigenvalue weighted by Crippen LogP contribution is -2.57. The van der Waals surface area contributed by atoms with Crippen LogP contribution in [0.2, 0.25) is 12.6 Å². The first-order valence-electron chi connectivity index (χ1n) is 24.0. The highest BCUT2D eigenvalue weighted by Crippen LogP contribution is 2.46. The summed E-state index contributed by atoms with van der Waals surface area (Å²) in [6, 6.07) is 18.8. The number of rotatable bonds is 18. The van der Waals surface area contributed by atoms with Gasteiger partial charge in [0.2, 0.25) is 0 Å². The minimum absolute atomic E-state index is 0.0790. The molecular formula is C51H74B2N2O13. The van der Waals surface area contributed by atoms with Gasteiger partial charge in [-0.3, -0.25) is 9.80 Å². The van der Waals surface area contributed by atoms with Crippen molar-refractivity contribution in [3.8, 4) is 0 Å². The predicted molar refractivity (Wildman–Crippen MR) is 258 cm³/mol. The molecule has 0 N–H and O–H groups in total. The number of hydrogen-bond donors (Lipinski definition) is 0. The Bertz CT molecular complexity index is 1860. The number of carbonyl (C=O) groups excluding carboxylic acids is 5. The van der Waals surface area contributed by atoms with Crippen molar-refractivity contribution in [1.82, 2.24) is 9.80 Å². The molecule has 17 heteroatoms. The Morgan fingerprint density at radius 1 is 0.618 bits per heavy atom. The van der Waals surface area contributed by atoms with Gasteiger partial charge in [0, 0.05) is 19.5 Å². The third kappa shape index (κ3) is 11.8. The Balaban J connectivity index is 0.000000254. The molecular weight excluding hydrogens is 870 g/mol. The quantitative estimate of drug-likeness (QED) is 0.0457. The number of hydrogen-bond acceptors (Lipinski definition) is 13. The summed E-state index contributed by atoms with van der Waals surface area (Å²) in [5, 5.41) is 0. The summed E-state index contributed by atoms with van der Waals surface area (Å²) in [4.78, 5) is 67.0. The summed E-state index contributed by atoms with van der Waals surface area (Å²) >= 11 is 0. The van der Waals surface area contributed by atoms with Gasteiger partial charge in [0.15, 0.2) is 5.54 Å². The van der Waals surface area contributed by atoms with Crippen LogP contribution < -0.4 is 0 Å². The van der Waals surface area contributed by atoms with Gasteiger partial charge in [-0.15, -0.1) is 6.58 Å². The molecule has 4 atom stereocenters. The zero-order chi connectivity index (χ0) is 50.0. The molecule has 372 valence electrons. The molecule has 2 aromatic rings. The zero-order valence-electron chi connectivity index (χ0n) is 42.0. The van der Waals surface area contributed by atoms with E-state index in [1.165, 1.54) is 19.1 Å². The van der Waals surface area contributed by atoms with Crippen LogP contribution in [0.3, 0.4) is 0 Å². The minimum Gasteiger partial charge on any atom is -0.467 e. The van der Waals surface area contributed by atoms with Gasteiger partial charge in [0.1, 0.15) is 25.0 Å². The molecule has 0 unspecified atom stereocenters. The van der Waals surface area contributed by atoms with Crippen molar-refractivity contribution < 1.29 is 61.5 Å². The highest BCUT2D eigenvalue weighted by atomic mass is 16.7. The van der Waals surface area contributed by atoms with Gasteiger partial charge in [-0.05, 0) is 123 Å². The molecule has 4 aliphatic heterocycles. The van der Waals surface area contributed by atoms with Crippen LogP contribution in [0.25, 0.3) is 0 Å². The SMILES string of the molecule is C=CC[C@@]1(C(=O)OC)[C@H](CCCB2OC(C)(C)C(C)(C)O2)CCN1C(=O)OCc1ccccc1.COC(=O)[C@]1(CC=O)[C@H](CCCB2OC(C)(C)C(C)(C)O2)CCN1C(=O)OCc1ccccc1. The first kappa shape index (κ1) is 54.2. The average molecular weight is 945 g/mol. The fraction of sp³-hybridized carbons (Fsp3) is 0.627. The van der Waals surface area contributed by atoms with E-state index in [0.29, 0.717) is 64.1 Å². The fourth-order valence-corrected chi connectivity index (χ4v) is 9.96. The fourth-order valence-electron chi connectivity index (χ4n) is 9.96. The lowest BCUT2D eigenvalue weighted by Gasteiger charge is -2.38. The number of aldehydes is 1. The van der Waals surface area contributed by atoms with Crippen LogP contribution in [0.1, 0.15) is 118 Å². The molecule has 6 rings (SSSR count). The molecule has 0 bridgehead atoms. The predicted octanol–water partition coefficient (Wildman–Crippen LogP) is 9.02. The lowest BCUT2D eigenvalue weighted by molar-refractivity contribution is -0.156. The van der Waals surface area contributed by atoms with Gasteiger partial charge in [-0.1, -0.05) is 79.6 Å². The normalized spacial score (nSPS) is 25.3. The summed E-state index contributed by atoms with van der Waals surface area (Å²) in [5.41, 5.74) is -2.32. The molecule has 0 radical (unpaired) electrons. The number of benzene rings is 2. The molecule has 0 aliphatic carbocycles. The molecule has 4 fully saturated rings. The van der Waals surface area contributed by atoms with Crippen LogP contribution in [-0.2, 0) is 65.2 Å². The van der Waals surface area contributed by atoms with E-state index in [9.17, 15) is 24.0 Å². The summed E-state index contributed by atoms with van der Waals surface area (Å²) in [7, 11) is 2.02. The Morgan fingerprint density at radius 2 is 0.971 bits per heavy atom. The van der Waals surface area contributed by atoms with Crippen molar-refractivity contribution in [1.29, 1.82) is 0 Å². The van der Waals surface area contributed by atoms with Crippen molar-refractivity contribution in [3.63, 3.8) is 0 Å². The second kappa shape index (κ2) is 22.8. The first-order valence-corrected chi connectivity index (χ1v) is 24.0. The van der Waals surface area contributed by atoms with Crippen LogP contribution in [0.15, 0.2) is 73.3 Å². The highest BCUT2D eigenvalue weighted by molar-refractivity contribution is 6.45. The van der Waals surface area contributed by atoms with Gasteiger partial charge >= 0.3 is 38.4 Å². The number of esters is 2. The molecule has 4 heterocycles. The Labute approximate surface area is 404 Å². The van der Waals surface area contributed by atoms with Gasteiger partial charge in [0.05, 0.1) is 36.6 Å². The Hall–Kier alpha value is -4.70. The first-order chi connectivity index (χ1) is 32.1. The third-order valence-corrected chi connectivity index (χ3v) is 15.1. The number of amides is 2. The van der Waals surface area contributed by atoms with Crippen LogP contribution in [0.5, 0.6) is 0 Å². The molecule has 0 spiro atoms. The monoisotopic (exact) mass is 945 g/mol. The Kier molecular flexibility index (Phi) is 18.2. The smallest absolute Gasteiger partial charge is 0.457 e. The van der Waals surface area contributed by atoms with E-state index < -0.39 is 46.4 Å². The van der Waals surface area contributed by atoms with Gasteiger partial charge in [0.25, 0.3) is 0 Å². The molecule has 4 aliphatic rings. The molecule has 0 aromatic heterocycles. The summed E-state index contributed by atoms with van der Waals surface area (Å²) in [6.07, 6.45) is 6.90. The van der Waals surface area contributed by atoms with E-state index in [2.05, 4.69) is 6.58 Å². The van der Waals surface area contributed by atoms with Crippen molar-refractivity contribution in [2.45, 2.75) is 166 Å². The van der Waals surface area contributed by atoms with E-state index in [4.69, 9.17) is 37.6 Å². The summed E-state index contributed by atoms with van der Waals surface area (Å²) in [6.45, 7) is 21.0. The lowest BCUT2D eigenvalue weighted by atomic mass is 9.75. The van der Waals surface area contributed by atoms with Gasteiger partial charge in [-0.2, -0.15) is 0 Å². The number of nitrogens with zero attached hydrogens (tertiary/aromatic N) is 2. The maximum absolute atomic E-state index is 13.1. The zero-order valence-corrected chi connectivity index (χ0v) is 42.0. The largest absolute Gasteiger partial charge is 0.467 e. The van der Waals surface area contributed by atoms with Crippen LogP contribution >= 0.6 is 0 Å². The van der Waals surface area contributed by atoms with Crippen molar-refractivity contribution in [2.24, 2.45) is 11.8 Å². The molecule has 2 aromatic carbocycles. The summed E-state index contributed by atoms with van der Waals surface area (Å²) < 4.78 is 45.8. The van der Waals surface area contributed by atoms with Gasteiger partial charge in [-0.25, -0.2) is 19.2 Å². The van der Waals surface area contributed by atoms with Crippen LogP contribution in [0.4, 0.5) is 9.59 Å². The second-order valence-electron chi connectivity index (χ2n) is 20.3. The van der Waals surface area contributed by atoms with E-state index in [-0.39, 0.29) is 56.9 Å². The van der Waals surface area contributed by atoms with Crippen molar-refractivity contribution >= 4 is 44.6 Å². The number of carbonyl (C=O) groups is 5. The van der Waals surface area contributed by atoms with E-state index in [1.807, 2.05) is 116 Å². The van der Waals surface area contributed by atoms with Crippen LogP contribution in [0, 0.1) is 11.8 Å². The molecule has 68 heavy (non-hydrogen) atoms. The topological polar surface area (TPSA) is 166 Å².